The third-order valence-corrected chi connectivity index (χ3v) is 5.49. The minimum Gasteiger partial charge on any atom is -0.364 e. The number of hydrogen-bond donors (Lipinski definition) is 2. The normalized spacial score (nSPS) is 12.0. The highest BCUT2D eigenvalue weighted by atomic mass is 35.5. The molecular formula is C17H14ClN3O3S. The summed E-state index contributed by atoms with van der Waals surface area (Å²) in [7, 11) is -3.80. The maximum Gasteiger partial charge on any atom is 0.266 e. The van der Waals surface area contributed by atoms with Gasteiger partial charge in [-0.05, 0) is 29.8 Å². The van der Waals surface area contributed by atoms with E-state index in [9.17, 15) is 13.2 Å². The van der Waals surface area contributed by atoms with Crippen LogP contribution in [0.4, 0.5) is 0 Å². The summed E-state index contributed by atoms with van der Waals surface area (Å²) >= 11 is 5.97. The number of benzene rings is 1. The number of carbonyl (C=O) groups is 1. The molecule has 0 saturated heterocycles. The van der Waals surface area contributed by atoms with Crippen molar-refractivity contribution < 1.29 is 13.2 Å². The van der Waals surface area contributed by atoms with Crippen molar-refractivity contribution in [1.29, 1.82) is 0 Å². The molecule has 128 valence electrons. The molecule has 0 aliphatic carbocycles. The van der Waals surface area contributed by atoms with E-state index in [0.29, 0.717) is 15.9 Å². The Hall–Kier alpha value is -2.64. The molecule has 0 aliphatic rings. The van der Waals surface area contributed by atoms with Gasteiger partial charge in [0.25, 0.3) is 5.91 Å². The number of amides is 1. The van der Waals surface area contributed by atoms with Crippen molar-refractivity contribution in [3.63, 3.8) is 0 Å². The van der Waals surface area contributed by atoms with Gasteiger partial charge < -0.3 is 10.7 Å². The number of H-pyrrole nitrogens is 1. The van der Waals surface area contributed by atoms with Gasteiger partial charge >= 0.3 is 0 Å². The van der Waals surface area contributed by atoms with Crippen LogP contribution in [0.15, 0.2) is 53.7 Å². The van der Waals surface area contributed by atoms with Crippen LogP contribution in [0, 0.1) is 0 Å². The van der Waals surface area contributed by atoms with Crippen LogP contribution in [0.5, 0.6) is 0 Å². The number of aromatic nitrogens is 2. The van der Waals surface area contributed by atoms with E-state index in [1.54, 1.807) is 42.7 Å². The molecule has 3 rings (SSSR count). The number of fused-ring (bicyclic) bond motifs is 1. The van der Waals surface area contributed by atoms with Gasteiger partial charge in [-0.1, -0.05) is 29.8 Å². The van der Waals surface area contributed by atoms with E-state index >= 15 is 0 Å². The average molecular weight is 376 g/mol. The topological polar surface area (TPSA) is 106 Å². The number of nitrogens with one attached hydrogen (secondary N) is 1. The smallest absolute Gasteiger partial charge is 0.266 e. The lowest BCUT2D eigenvalue weighted by Crippen LogP contribution is -2.17. The summed E-state index contributed by atoms with van der Waals surface area (Å²) in [6.07, 6.45) is 6.39. The lowest BCUT2D eigenvalue weighted by Gasteiger charge is -2.03. The molecule has 0 aliphatic heterocycles. The zero-order valence-corrected chi connectivity index (χ0v) is 14.5. The summed E-state index contributed by atoms with van der Waals surface area (Å²) in [4.78, 5) is 18.3. The van der Waals surface area contributed by atoms with Crippen molar-refractivity contribution in [2.24, 2.45) is 5.73 Å². The monoisotopic (exact) mass is 375 g/mol. The predicted octanol–water partition coefficient (Wildman–Crippen LogP) is 2.80. The van der Waals surface area contributed by atoms with Crippen molar-refractivity contribution in [3.05, 3.63) is 65.1 Å². The highest BCUT2D eigenvalue weighted by Gasteiger charge is 2.26. The minimum absolute atomic E-state index is 0.131. The molecule has 3 aromatic rings. The number of halogens is 1. The molecule has 8 heteroatoms. The first-order valence-corrected chi connectivity index (χ1v) is 9.32. The van der Waals surface area contributed by atoms with Crippen molar-refractivity contribution in [3.8, 4) is 0 Å². The number of aromatic amines is 1. The van der Waals surface area contributed by atoms with Crippen LogP contribution in [0.1, 0.15) is 16.1 Å². The van der Waals surface area contributed by atoms with E-state index in [-0.39, 0.29) is 16.3 Å². The van der Waals surface area contributed by atoms with Crippen LogP contribution in [-0.4, -0.2) is 30.0 Å². The van der Waals surface area contributed by atoms with E-state index in [0.717, 1.165) is 5.56 Å². The molecule has 2 heterocycles. The van der Waals surface area contributed by atoms with Gasteiger partial charge in [-0.25, -0.2) is 8.42 Å². The second-order valence-corrected chi connectivity index (χ2v) is 7.76. The SMILES string of the molecule is NC(=O)c1[nH]c2ccc(Cl)cc2c1S(=O)(=O)CC=Cc1cccnc1. The van der Waals surface area contributed by atoms with E-state index in [4.69, 9.17) is 17.3 Å². The second-order valence-electron chi connectivity index (χ2n) is 5.35. The van der Waals surface area contributed by atoms with Gasteiger partial charge in [-0.2, -0.15) is 0 Å². The summed E-state index contributed by atoms with van der Waals surface area (Å²) in [5, 5.41) is 0.709. The Kier molecular flexibility index (Phi) is 4.61. The first-order valence-electron chi connectivity index (χ1n) is 7.29. The quantitative estimate of drug-likeness (QED) is 0.715. The molecule has 0 unspecified atom stereocenters. The molecule has 3 N–H and O–H groups in total. The van der Waals surface area contributed by atoms with Crippen LogP contribution in [0.3, 0.4) is 0 Å². The van der Waals surface area contributed by atoms with E-state index in [1.165, 1.54) is 12.1 Å². The molecule has 2 aromatic heterocycles. The number of sulfone groups is 1. The molecule has 25 heavy (non-hydrogen) atoms. The largest absolute Gasteiger partial charge is 0.364 e. The molecule has 0 saturated carbocycles. The number of pyridine rings is 1. The second kappa shape index (κ2) is 6.70. The maximum absolute atomic E-state index is 12.8. The molecule has 0 fully saturated rings. The Labute approximate surface area is 149 Å². The lowest BCUT2D eigenvalue weighted by atomic mass is 10.2. The van der Waals surface area contributed by atoms with Crippen LogP contribution >= 0.6 is 11.6 Å². The van der Waals surface area contributed by atoms with Crippen LogP contribution < -0.4 is 5.73 Å². The standard InChI is InChI=1S/C17H14ClN3O3S/c18-12-5-6-14-13(9-12)16(15(21-14)17(19)22)25(23,24)8-2-4-11-3-1-7-20-10-11/h1-7,9-10,21H,8H2,(H2,19,22). The number of carbonyl (C=O) groups excluding carboxylic acids is 1. The van der Waals surface area contributed by atoms with Gasteiger partial charge in [0.15, 0.2) is 9.84 Å². The van der Waals surface area contributed by atoms with E-state index in [2.05, 4.69) is 9.97 Å². The molecular weight excluding hydrogens is 362 g/mol. The predicted molar refractivity (Wildman–Crippen MR) is 97.2 cm³/mol. The molecule has 1 aromatic carbocycles. The summed E-state index contributed by atoms with van der Waals surface area (Å²) in [5.74, 6) is -1.14. The van der Waals surface area contributed by atoms with Crippen molar-refractivity contribution in [1.82, 2.24) is 9.97 Å². The number of rotatable bonds is 5. The first-order chi connectivity index (χ1) is 11.9. The third-order valence-electron chi connectivity index (χ3n) is 3.58. The highest BCUT2D eigenvalue weighted by Crippen LogP contribution is 2.30. The van der Waals surface area contributed by atoms with Crippen molar-refractivity contribution in [2.45, 2.75) is 4.90 Å². The van der Waals surface area contributed by atoms with Gasteiger partial charge in [0.2, 0.25) is 0 Å². The first kappa shape index (κ1) is 17.2. The molecule has 0 atom stereocenters. The Bertz CT molecular complexity index is 1070. The Morgan fingerprint density at radius 3 is 2.80 bits per heavy atom. The molecule has 0 radical (unpaired) electrons. The molecule has 6 nitrogen and oxygen atoms in total. The fraction of sp³-hybridized carbons (Fsp3) is 0.0588. The summed E-state index contributed by atoms with van der Waals surface area (Å²) < 4.78 is 25.6. The van der Waals surface area contributed by atoms with Crippen molar-refractivity contribution in [2.75, 3.05) is 5.75 Å². The Morgan fingerprint density at radius 1 is 1.32 bits per heavy atom. The zero-order chi connectivity index (χ0) is 18.0. The fourth-order valence-corrected chi connectivity index (χ4v) is 4.16. The number of nitrogens with two attached hydrogens (primary N) is 1. The van der Waals surface area contributed by atoms with E-state index < -0.39 is 15.7 Å². The van der Waals surface area contributed by atoms with Gasteiger partial charge in [-0.15, -0.1) is 0 Å². The molecule has 0 bridgehead atoms. The minimum atomic E-state index is -3.80. The fourth-order valence-electron chi connectivity index (χ4n) is 2.50. The third kappa shape index (κ3) is 3.57. The number of nitrogens with zero attached hydrogens (tertiary/aromatic N) is 1. The van der Waals surface area contributed by atoms with Crippen LogP contribution in [0.25, 0.3) is 17.0 Å². The summed E-state index contributed by atoms with van der Waals surface area (Å²) in [6, 6.07) is 8.26. The van der Waals surface area contributed by atoms with Crippen LogP contribution in [0.2, 0.25) is 5.02 Å². The molecule has 0 spiro atoms. The zero-order valence-electron chi connectivity index (χ0n) is 12.9. The average Bonchev–Trinajstić information content (AvgIpc) is 2.95. The number of primary amides is 1. The van der Waals surface area contributed by atoms with Gasteiger partial charge in [-0.3, -0.25) is 9.78 Å². The number of hydrogen-bond acceptors (Lipinski definition) is 4. The van der Waals surface area contributed by atoms with Gasteiger partial charge in [0.05, 0.1) is 5.75 Å². The van der Waals surface area contributed by atoms with Crippen LogP contribution in [-0.2, 0) is 9.84 Å². The summed E-state index contributed by atoms with van der Waals surface area (Å²) in [5.41, 5.74) is 6.45. The van der Waals surface area contributed by atoms with Gasteiger partial charge in [0.1, 0.15) is 10.6 Å². The maximum atomic E-state index is 12.8. The Balaban J connectivity index is 2.04. The highest BCUT2D eigenvalue weighted by molar-refractivity contribution is 7.91. The van der Waals surface area contributed by atoms with Gasteiger partial charge in [0, 0.05) is 28.3 Å². The Morgan fingerprint density at radius 2 is 2.12 bits per heavy atom. The van der Waals surface area contributed by atoms with E-state index in [1.807, 2.05) is 0 Å². The lowest BCUT2D eigenvalue weighted by molar-refractivity contribution is 0.0993. The van der Waals surface area contributed by atoms with Crippen molar-refractivity contribution >= 4 is 44.3 Å². The summed E-state index contributed by atoms with van der Waals surface area (Å²) in [6.45, 7) is 0. The molecule has 1 amide bonds.